The Labute approximate surface area is 122 Å². The molecule has 0 spiro atoms. The Morgan fingerprint density at radius 1 is 1.45 bits per heavy atom. The second-order valence-corrected chi connectivity index (χ2v) is 4.09. The predicted molar refractivity (Wildman–Crippen MR) is 75.6 cm³/mol. The zero-order valence-corrected chi connectivity index (χ0v) is 12.0. The van der Waals surface area contributed by atoms with Crippen LogP contribution in [0.15, 0.2) is 24.3 Å². The lowest BCUT2D eigenvalue weighted by atomic mass is 10.3. The molecule has 7 nitrogen and oxygen atoms in total. The van der Waals surface area contributed by atoms with Crippen LogP contribution in [-0.4, -0.2) is 47.1 Å². The molecule has 1 aromatic carbocycles. The van der Waals surface area contributed by atoms with E-state index in [1.54, 1.807) is 18.9 Å². The number of aliphatic carboxylic acids is 1. The van der Waals surface area contributed by atoms with Crippen molar-refractivity contribution in [3.05, 3.63) is 34.4 Å². The minimum absolute atomic E-state index is 0. The number of halogens is 1. The molecular formula is C12H17ClN2O5. The highest BCUT2D eigenvalue weighted by Crippen LogP contribution is 2.17. The van der Waals surface area contributed by atoms with E-state index in [2.05, 4.69) is 0 Å². The lowest BCUT2D eigenvalue weighted by molar-refractivity contribution is -0.384. The first-order chi connectivity index (χ1) is 8.91. The molecule has 0 amide bonds. The highest BCUT2D eigenvalue weighted by atomic mass is 35.5. The molecule has 112 valence electrons. The van der Waals surface area contributed by atoms with E-state index >= 15 is 0 Å². The maximum absolute atomic E-state index is 10.7. The lowest BCUT2D eigenvalue weighted by Crippen LogP contribution is -2.38. The van der Waals surface area contributed by atoms with Gasteiger partial charge < -0.3 is 9.84 Å². The van der Waals surface area contributed by atoms with Gasteiger partial charge in [0.05, 0.1) is 4.92 Å². The van der Waals surface area contributed by atoms with E-state index in [9.17, 15) is 14.9 Å². The van der Waals surface area contributed by atoms with Gasteiger partial charge in [0.2, 0.25) is 0 Å². The third-order valence-corrected chi connectivity index (χ3v) is 2.78. The Bertz CT molecular complexity index is 452. The fourth-order valence-electron chi connectivity index (χ4n) is 1.35. The number of carboxylic acid groups (broad SMARTS) is 1. The maximum Gasteiger partial charge on any atom is 0.320 e. The SMILES string of the molecule is CC(C(=O)O)N(C)CCOc1ccc([N+](=O)[O-])cc1.Cl. The molecule has 0 heterocycles. The number of nitro groups is 1. The zero-order chi connectivity index (χ0) is 14.4. The summed E-state index contributed by atoms with van der Waals surface area (Å²) >= 11 is 0. The van der Waals surface area contributed by atoms with E-state index in [4.69, 9.17) is 9.84 Å². The number of nitrogens with zero attached hydrogens (tertiary/aromatic N) is 2. The molecule has 20 heavy (non-hydrogen) atoms. The molecular weight excluding hydrogens is 288 g/mol. The van der Waals surface area contributed by atoms with Crippen LogP contribution in [0.25, 0.3) is 0 Å². The van der Waals surface area contributed by atoms with Crippen LogP contribution in [0.4, 0.5) is 5.69 Å². The summed E-state index contributed by atoms with van der Waals surface area (Å²) in [7, 11) is 1.69. The van der Waals surface area contributed by atoms with E-state index in [1.807, 2.05) is 0 Å². The number of non-ortho nitro benzene ring substituents is 1. The Balaban J connectivity index is 0.00000361. The summed E-state index contributed by atoms with van der Waals surface area (Å²) in [6.45, 7) is 2.35. The minimum atomic E-state index is -0.891. The van der Waals surface area contributed by atoms with Crippen LogP contribution in [0.1, 0.15) is 6.92 Å². The van der Waals surface area contributed by atoms with E-state index in [0.717, 1.165) is 0 Å². The summed E-state index contributed by atoms with van der Waals surface area (Å²) in [5.41, 5.74) is 0.00367. The Hall–Kier alpha value is -1.86. The number of ether oxygens (including phenoxy) is 1. The van der Waals surface area contributed by atoms with Crippen molar-refractivity contribution in [1.29, 1.82) is 0 Å². The number of carbonyl (C=O) groups is 1. The molecule has 1 N–H and O–H groups in total. The number of carboxylic acids is 1. The Kier molecular flexibility index (Phi) is 7.56. The van der Waals surface area contributed by atoms with E-state index in [1.165, 1.54) is 24.3 Å². The zero-order valence-electron chi connectivity index (χ0n) is 11.2. The van der Waals surface area contributed by atoms with Crippen LogP contribution >= 0.6 is 12.4 Å². The summed E-state index contributed by atoms with van der Waals surface area (Å²) in [4.78, 5) is 22.4. The number of benzene rings is 1. The van der Waals surface area contributed by atoms with Gasteiger partial charge in [-0.05, 0) is 26.1 Å². The smallest absolute Gasteiger partial charge is 0.320 e. The van der Waals surface area contributed by atoms with Crippen LogP contribution < -0.4 is 4.74 Å². The van der Waals surface area contributed by atoms with Crippen molar-refractivity contribution in [1.82, 2.24) is 4.90 Å². The molecule has 0 aliphatic rings. The Morgan fingerprint density at radius 2 is 2.00 bits per heavy atom. The number of rotatable bonds is 7. The summed E-state index contributed by atoms with van der Waals surface area (Å²) in [6, 6.07) is 5.16. The average molecular weight is 305 g/mol. The van der Waals surface area contributed by atoms with Crippen molar-refractivity contribution in [2.75, 3.05) is 20.2 Å². The summed E-state index contributed by atoms with van der Waals surface area (Å²) in [6.07, 6.45) is 0. The molecule has 0 aliphatic heterocycles. The van der Waals surface area contributed by atoms with E-state index < -0.39 is 16.9 Å². The third kappa shape index (κ3) is 5.41. The number of nitro benzene ring substituents is 1. The highest BCUT2D eigenvalue weighted by Gasteiger charge is 2.16. The van der Waals surface area contributed by atoms with Crippen molar-refractivity contribution in [3.63, 3.8) is 0 Å². The summed E-state index contributed by atoms with van der Waals surface area (Å²) in [5.74, 6) is -0.375. The third-order valence-electron chi connectivity index (χ3n) is 2.78. The van der Waals surface area contributed by atoms with Gasteiger partial charge in [-0.3, -0.25) is 19.8 Å². The van der Waals surface area contributed by atoms with Gasteiger partial charge in [-0.25, -0.2) is 0 Å². The first kappa shape index (κ1) is 18.1. The van der Waals surface area contributed by atoms with Crippen molar-refractivity contribution >= 4 is 24.1 Å². The monoisotopic (exact) mass is 304 g/mol. The minimum Gasteiger partial charge on any atom is -0.492 e. The first-order valence-corrected chi connectivity index (χ1v) is 5.72. The average Bonchev–Trinajstić information content (AvgIpc) is 2.38. The molecule has 1 atom stereocenters. The summed E-state index contributed by atoms with van der Waals surface area (Å²) < 4.78 is 5.38. The van der Waals surface area contributed by atoms with E-state index in [-0.39, 0.29) is 18.1 Å². The fraction of sp³-hybridized carbons (Fsp3) is 0.417. The van der Waals surface area contributed by atoms with E-state index in [0.29, 0.717) is 18.9 Å². The molecule has 0 radical (unpaired) electrons. The largest absolute Gasteiger partial charge is 0.492 e. The molecule has 0 saturated heterocycles. The predicted octanol–water partition coefficient (Wildman–Crippen LogP) is 1.80. The van der Waals surface area contributed by atoms with Crippen LogP contribution in [0.3, 0.4) is 0 Å². The lowest BCUT2D eigenvalue weighted by Gasteiger charge is -2.20. The van der Waals surface area contributed by atoms with Gasteiger partial charge in [0.25, 0.3) is 5.69 Å². The van der Waals surface area contributed by atoms with Crippen LogP contribution in [0.5, 0.6) is 5.75 Å². The second kappa shape index (κ2) is 8.34. The molecule has 0 saturated carbocycles. The quantitative estimate of drug-likeness (QED) is 0.610. The molecule has 8 heteroatoms. The summed E-state index contributed by atoms with van der Waals surface area (Å²) in [5, 5.41) is 19.3. The molecule has 1 rings (SSSR count). The molecule has 0 aliphatic carbocycles. The van der Waals surface area contributed by atoms with Crippen LogP contribution in [-0.2, 0) is 4.79 Å². The maximum atomic E-state index is 10.7. The van der Waals surface area contributed by atoms with Crippen LogP contribution in [0, 0.1) is 10.1 Å². The number of likely N-dealkylation sites (N-methyl/N-ethyl adjacent to an activating group) is 1. The van der Waals surface area contributed by atoms with Crippen molar-refractivity contribution < 1.29 is 19.6 Å². The van der Waals surface area contributed by atoms with Gasteiger partial charge in [0.15, 0.2) is 0 Å². The molecule has 0 fully saturated rings. The normalized spacial score (nSPS) is 11.6. The van der Waals surface area contributed by atoms with Gasteiger partial charge >= 0.3 is 5.97 Å². The molecule has 1 unspecified atom stereocenters. The van der Waals surface area contributed by atoms with Gasteiger partial charge in [-0.2, -0.15) is 0 Å². The topological polar surface area (TPSA) is 92.9 Å². The molecule has 0 bridgehead atoms. The van der Waals surface area contributed by atoms with Crippen molar-refractivity contribution in [2.24, 2.45) is 0 Å². The standard InChI is InChI=1S/C12H16N2O5.ClH/c1-9(12(15)16)13(2)7-8-19-11-5-3-10(4-6-11)14(17)18;/h3-6,9H,7-8H2,1-2H3,(H,15,16);1H. The van der Waals surface area contributed by atoms with Gasteiger partial charge in [-0.15, -0.1) is 12.4 Å². The van der Waals surface area contributed by atoms with Crippen molar-refractivity contribution in [2.45, 2.75) is 13.0 Å². The molecule has 1 aromatic rings. The first-order valence-electron chi connectivity index (χ1n) is 5.72. The molecule has 0 aromatic heterocycles. The highest BCUT2D eigenvalue weighted by molar-refractivity contribution is 5.85. The second-order valence-electron chi connectivity index (χ2n) is 4.09. The fourth-order valence-corrected chi connectivity index (χ4v) is 1.35. The Morgan fingerprint density at radius 3 is 2.45 bits per heavy atom. The van der Waals surface area contributed by atoms with Gasteiger partial charge in [0, 0.05) is 18.7 Å². The van der Waals surface area contributed by atoms with Gasteiger partial charge in [0.1, 0.15) is 18.4 Å². The van der Waals surface area contributed by atoms with Crippen molar-refractivity contribution in [3.8, 4) is 5.75 Å². The number of hydrogen-bond acceptors (Lipinski definition) is 5. The van der Waals surface area contributed by atoms with Gasteiger partial charge in [-0.1, -0.05) is 0 Å². The number of hydrogen-bond donors (Lipinski definition) is 1. The van der Waals surface area contributed by atoms with Crippen LogP contribution in [0.2, 0.25) is 0 Å².